The number of rotatable bonds is 4. The first-order chi connectivity index (χ1) is 12.7. The van der Waals surface area contributed by atoms with Gasteiger partial charge in [-0.2, -0.15) is 5.10 Å². The van der Waals surface area contributed by atoms with Crippen LogP contribution in [0.5, 0.6) is 5.75 Å². The first-order valence-electron chi connectivity index (χ1n) is 7.84. The Hall–Kier alpha value is -3.26. The number of anilines is 1. The van der Waals surface area contributed by atoms with Gasteiger partial charge in [-0.05, 0) is 18.2 Å². The highest BCUT2D eigenvalue weighted by atomic mass is 32.1. The number of nitrogens with zero attached hydrogens (tertiary/aromatic N) is 3. The Labute approximate surface area is 151 Å². The van der Waals surface area contributed by atoms with E-state index in [4.69, 9.17) is 4.74 Å². The van der Waals surface area contributed by atoms with Gasteiger partial charge in [-0.15, -0.1) is 0 Å². The van der Waals surface area contributed by atoms with Gasteiger partial charge in [-0.1, -0.05) is 35.6 Å². The van der Waals surface area contributed by atoms with Crippen molar-refractivity contribution in [3.8, 4) is 5.75 Å². The lowest BCUT2D eigenvalue weighted by Gasteiger charge is -2.05. The Morgan fingerprint density at radius 1 is 1.23 bits per heavy atom. The summed E-state index contributed by atoms with van der Waals surface area (Å²) >= 11 is 1.34. The third-order valence-electron chi connectivity index (χ3n) is 3.90. The molecular weight excluding hydrogens is 352 g/mol. The van der Waals surface area contributed by atoms with Crippen molar-refractivity contribution < 1.29 is 9.53 Å². The number of carbonyl (C=O) groups excluding carboxylic acids is 1. The molecule has 0 atom stereocenters. The average molecular weight is 366 g/mol. The molecule has 2 aromatic heterocycles. The number of carbonyl (C=O) groups is 1. The highest BCUT2D eigenvalue weighted by Crippen LogP contribution is 2.31. The second kappa shape index (κ2) is 6.57. The zero-order valence-corrected chi connectivity index (χ0v) is 14.6. The molecule has 26 heavy (non-hydrogen) atoms. The number of thiazole rings is 1. The van der Waals surface area contributed by atoms with Crippen LogP contribution < -0.4 is 15.6 Å². The van der Waals surface area contributed by atoms with E-state index in [1.165, 1.54) is 11.3 Å². The van der Waals surface area contributed by atoms with E-state index in [9.17, 15) is 9.59 Å². The molecule has 0 spiro atoms. The molecule has 0 aliphatic heterocycles. The second-order valence-corrected chi connectivity index (χ2v) is 6.60. The summed E-state index contributed by atoms with van der Waals surface area (Å²) in [5, 5.41) is 8.50. The molecule has 8 heteroatoms. The Morgan fingerprint density at radius 2 is 2.08 bits per heavy atom. The van der Waals surface area contributed by atoms with Gasteiger partial charge in [0.15, 0.2) is 5.13 Å². The molecule has 0 saturated carbocycles. The monoisotopic (exact) mass is 366 g/mol. The molecule has 4 rings (SSSR count). The standard InChI is InChI=1S/C18H14N4O3S/c1-25-13-7-4-8-14-16(13)21-18(26-14)20-15(23)10-22-17(24)12-6-3-2-5-11(12)9-19-22/h2-9H,10H2,1H3,(H,20,21,23). The quantitative estimate of drug-likeness (QED) is 0.600. The number of nitrogens with one attached hydrogen (secondary N) is 1. The van der Waals surface area contributed by atoms with Crippen molar-refractivity contribution in [2.45, 2.75) is 6.54 Å². The zero-order valence-electron chi connectivity index (χ0n) is 13.8. The zero-order chi connectivity index (χ0) is 18.1. The number of hydrogen-bond acceptors (Lipinski definition) is 6. The summed E-state index contributed by atoms with van der Waals surface area (Å²) in [6.45, 7) is -0.184. The van der Waals surface area contributed by atoms with Crippen molar-refractivity contribution in [3.63, 3.8) is 0 Å². The first kappa shape index (κ1) is 16.2. The van der Waals surface area contributed by atoms with Gasteiger partial charge in [0.25, 0.3) is 5.56 Å². The molecule has 1 amide bonds. The molecule has 130 valence electrons. The molecular formula is C18H14N4O3S. The number of benzene rings is 2. The maximum absolute atomic E-state index is 12.4. The molecule has 1 N–H and O–H groups in total. The van der Waals surface area contributed by atoms with Crippen molar-refractivity contribution in [2.75, 3.05) is 12.4 Å². The Balaban J connectivity index is 1.58. The highest BCUT2D eigenvalue weighted by Gasteiger charge is 2.13. The number of hydrogen-bond donors (Lipinski definition) is 1. The van der Waals surface area contributed by atoms with Crippen molar-refractivity contribution in [3.05, 3.63) is 59.0 Å². The fraction of sp³-hybridized carbons (Fsp3) is 0.111. The number of methoxy groups -OCH3 is 1. The molecule has 4 aromatic rings. The Bertz CT molecular complexity index is 1180. The van der Waals surface area contributed by atoms with E-state index in [2.05, 4.69) is 15.4 Å². The van der Waals surface area contributed by atoms with Gasteiger partial charge in [-0.3, -0.25) is 9.59 Å². The predicted molar refractivity (Wildman–Crippen MR) is 101 cm³/mol. The minimum Gasteiger partial charge on any atom is -0.494 e. The maximum Gasteiger partial charge on any atom is 0.275 e. The van der Waals surface area contributed by atoms with Crippen LogP contribution in [0.15, 0.2) is 53.5 Å². The summed E-state index contributed by atoms with van der Waals surface area (Å²) in [5.74, 6) is 0.277. The van der Waals surface area contributed by atoms with E-state index >= 15 is 0 Å². The van der Waals surface area contributed by atoms with E-state index < -0.39 is 0 Å². The van der Waals surface area contributed by atoms with Gasteiger partial charge < -0.3 is 10.1 Å². The van der Waals surface area contributed by atoms with Crippen LogP contribution in [0, 0.1) is 0 Å². The van der Waals surface area contributed by atoms with E-state index in [-0.39, 0.29) is 18.0 Å². The van der Waals surface area contributed by atoms with Crippen molar-refractivity contribution in [1.82, 2.24) is 14.8 Å². The maximum atomic E-state index is 12.4. The largest absolute Gasteiger partial charge is 0.494 e. The van der Waals surface area contributed by atoms with Crippen molar-refractivity contribution in [2.24, 2.45) is 0 Å². The molecule has 0 aliphatic carbocycles. The normalized spacial score (nSPS) is 11.0. The van der Waals surface area contributed by atoms with Crippen LogP contribution in [-0.4, -0.2) is 27.8 Å². The summed E-state index contributed by atoms with van der Waals surface area (Å²) in [4.78, 5) is 29.1. The number of para-hydroxylation sites is 1. The van der Waals surface area contributed by atoms with E-state index in [1.807, 2.05) is 30.3 Å². The van der Waals surface area contributed by atoms with Gasteiger partial charge in [0, 0.05) is 5.39 Å². The van der Waals surface area contributed by atoms with Gasteiger partial charge >= 0.3 is 0 Å². The van der Waals surface area contributed by atoms with Crippen LogP contribution in [0.4, 0.5) is 5.13 Å². The second-order valence-electron chi connectivity index (χ2n) is 5.57. The van der Waals surface area contributed by atoms with E-state index in [0.717, 1.165) is 14.8 Å². The van der Waals surface area contributed by atoms with Crippen LogP contribution in [0.2, 0.25) is 0 Å². The molecule has 7 nitrogen and oxygen atoms in total. The van der Waals surface area contributed by atoms with E-state index in [0.29, 0.717) is 21.8 Å². The highest BCUT2D eigenvalue weighted by molar-refractivity contribution is 7.22. The summed E-state index contributed by atoms with van der Waals surface area (Å²) in [6, 6.07) is 12.7. The lowest BCUT2D eigenvalue weighted by Crippen LogP contribution is -2.29. The van der Waals surface area contributed by atoms with Crippen molar-refractivity contribution in [1.29, 1.82) is 0 Å². The lowest BCUT2D eigenvalue weighted by atomic mass is 10.2. The molecule has 2 heterocycles. The third kappa shape index (κ3) is 2.91. The van der Waals surface area contributed by atoms with Gasteiger partial charge in [-0.25, -0.2) is 9.67 Å². The lowest BCUT2D eigenvalue weighted by molar-refractivity contribution is -0.117. The topological polar surface area (TPSA) is 86.1 Å². The minimum absolute atomic E-state index is 0.184. The minimum atomic E-state index is -0.368. The predicted octanol–water partition coefficient (Wildman–Crippen LogP) is 2.65. The number of aromatic nitrogens is 3. The van der Waals surface area contributed by atoms with Gasteiger partial charge in [0.2, 0.25) is 5.91 Å². The fourth-order valence-corrected chi connectivity index (χ4v) is 3.58. The molecule has 0 bridgehead atoms. The van der Waals surface area contributed by atoms with Crippen LogP contribution >= 0.6 is 11.3 Å². The molecule has 2 aromatic carbocycles. The smallest absolute Gasteiger partial charge is 0.275 e. The van der Waals surface area contributed by atoms with Gasteiger partial charge in [0.05, 0.1) is 23.4 Å². The van der Waals surface area contributed by atoms with Gasteiger partial charge in [0.1, 0.15) is 17.8 Å². The Morgan fingerprint density at radius 3 is 2.92 bits per heavy atom. The molecule has 0 fully saturated rings. The first-order valence-corrected chi connectivity index (χ1v) is 8.65. The summed E-state index contributed by atoms with van der Waals surface area (Å²) in [6.07, 6.45) is 1.58. The Kier molecular flexibility index (Phi) is 4.10. The van der Waals surface area contributed by atoms with E-state index in [1.54, 1.807) is 25.4 Å². The van der Waals surface area contributed by atoms with Crippen LogP contribution in [0.25, 0.3) is 21.0 Å². The molecule has 0 aliphatic rings. The molecule has 0 saturated heterocycles. The number of ether oxygens (including phenoxy) is 1. The van der Waals surface area contributed by atoms with Crippen molar-refractivity contribution >= 4 is 43.4 Å². The van der Waals surface area contributed by atoms with Crippen LogP contribution in [0.1, 0.15) is 0 Å². The summed E-state index contributed by atoms with van der Waals surface area (Å²) in [7, 11) is 1.57. The average Bonchev–Trinajstić information content (AvgIpc) is 3.06. The number of fused-ring (bicyclic) bond motifs is 2. The molecule has 0 radical (unpaired) electrons. The summed E-state index contributed by atoms with van der Waals surface area (Å²) in [5.41, 5.74) is 0.389. The number of amides is 1. The van der Waals surface area contributed by atoms with Crippen LogP contribution in [-0.2, 0) is 11.3 Å². The summed E-state index contributed by atoms with van der Waals surface area (Å²) < 4.78 is 7.32. The van der Waals surface area contributed by atoms with Crippen LogP contribution in [0.3, 0.4) is 0 Å². The fourth-order valence-electron chi connectivity index (χ4n) is 2.68. The molecule has 0 unspecified atom stereocenters. The SMILES string of the molecule is COc1cccc2sc(NC(=O)Cn3ncc4ccccc4c3=O)nc12. The third-order valence-corrected chi connectivity index (χ3v) is 4.84.